The second-order valence-corrected chi connectivity index (χ2v) is 3.31. The molecule has 0 spiro atoms. The van der Waals surface area contributed by atoms with Crippen molar-refractivity contribution in [1.29, 1.82) is 0 Å². The van der Waals surface area contributed by atoms with Crippen LogP contribution in [0.25, 0.3) is 0 Å². The molecule has 60 valence electrons. The third-order valence-electron chi connectivity index (χ3n) is 1.60. The lowest BCUT2D eigenvalue weighted by molar-refractivity contribution is 0.641. The lowest BCUT2D eigenvalue weighted by atomic mass is 10.1. The van der Waals surface area contributed by atoms with E-state index < -0.39 is 0 Å². The summed E-state index contributed by atoms with van der Waals surface area (Å²) >= 11 is 0. The van der Waals surface area contributed by atoms with Gasteiger partial charge in [-0.25, -0.2) is 0 Å². The van der Waals surface area contributed by atoms with Crippen LogP contribution in [0.15, 0.2) is 30.3 Å². The molecule has 2 heteroatoms. The molecule has 0 saturated carbocycles. The molecule has 1 aromatic carbocycles. The topological polar surface area (TPSA) is 20.2 Å². The number of rotatable bonds is 4. The summed E-state index contributed by atoms with van der Waals surface area (Å²) in [5.74, 6) is 0. The van der Waals surface area contributed by atoms with E-state index in [1.165, 1.54) is 5.56 Å². The van der Waals surface area contributed by atoms with Crippen LogP contribution in [-0.4, -0.2) is 11.1 Å². The molecule has 0 fully saturated rings. The zero-order valence-corrected chi connectivity index (χ0v) is 7.46. The minimum Gasteiger partial charge on any atom is -0.377 e. The molecule has 0 aliphatic heterocycles. The van der Waals surface area contributed by atoms with Gasteiger partial charge in [0, 0.05) is 8.81 Å². The fourth-order valence-corrected chi connectivity index (χ4v) is 1.35. The second kappa shape index (κ2) is 5.29. The first kappa shape index (κ1) is 8.70. The average molecular weight is 168 g/mol. The van der Waals surface area contributed by atoms with Crippen molar-refractivity contribution in [2.45, 2.75) is 12.8 Å². The molecule has 0 radical (unpaired) electrons. The van der Waals surface area contributed by atoms with Gasteiger partial charge in [0.1, 0.15) is 0 Å². The van der Waals surface area contributed by atoms with Crippen LogP contribution in [0.4, 0.5) is 0 Å². The fourth-order valence-electron chi connectivity index (χ4n) is 1.02. The maximum Gasteiger partial charge on any atom is 0.0107 e. The Morgan fingerprint density at radius 2 is 1.91 bits per heavy atom. The van der Waals surface area contributed by atoms with Crippen LogP contribution in [0.1, 0.15) is 12.0 Å². The molecule has 0 bridgehead atoms. The Kier molecular flexibility index (Phi) is 4.18. The van der Waals surface area contributed by atoms with Crippen molar-refractivity contribution in [1.82, 2.24) is 0 Å². The highest BCUT2D eigenvalue weighted by Gasteiger charge is 1.89. The highest BCUT2D eigenvalue weighted by molar-refractivity contribution is 7.31. The Balaban J connectivity index is 2.28. The van der Waals surface area contributed by atoms with Gasteiger partial charge in [-0.05, 0) is 24.6 Å². The number of hydrogen-bond donors (Lipinski definition) is 1. The Morgan fingerprint density at radius 3 is 2.55 bits per heavy atom. The standard InChI is InChI=1S/C9H13OP/c10-11-8-4-7-9-5-2-1-3-6-9/h1-3,5-6,10-11H,4,7-8H2. The van der Waals surface area contributed by atoms with E-state index in [4.69, 9.17) is 4.89 Å². The number of benzene rings is 1. The van der Waals surface area contributed by atoms with E-state index in [2.05, 4.69) is 24.3 Å². The highest BCUT2D eigenvalue weighted by Crippen LogP contribution is 2.08. The Bertz CT molecular complexity index is 186. The predicted molar refractivity (Wildman–Crippen MR) is 50.2 cm³/mol. The van der Waals surface area contributed by atoms with Gasteiger partial charge in [0.15, 0.2) is 0 Å². The van der Waals surface area contributed by atoms with Gasteiger partial charge in [0.2, 0.25) is 0 Å². The molecule has 1 rings (SSSR count). The first-order valence-electron chi connectivity index (χ1n) is 3.84. The maximum absolute atomic E-state index is 8.57. The molecule has 1 N–H and O–H groups in total. The second-order valence-electron chi connectivity index (χ2n) is 2.50. The summed E-state index contributed by atoms with van der Waals surface area (Å²) < 4.78 is 0. The lowest BCUT2D eigenvalue weighted by Crippen LogP contribution is -1.85. The van der Waals surface area contributed by atoms with Gasteiger partial charge in [-0.1, -0.05) is 30.3 Å². The largest absolute Gasteiger partial charge is 0.377 e. The van der Waals surface area contributed by atoms with Gasteiger partial charge in [0.25, 0.3) is 0 Å². The zero-order chi connectivity index (χ0) is 7.94. The first-order valence-corrected chi connectivity index (χ1v) is 5.00. The fraction of sp³-hybridized carbons (Fsp3) is 0.333. The maximum atomic E-state index is 8.57. The summed E-state index contributed by atoms with van der Waals surface area (Å²) in [7, 11) is 0.109. The molecule has 11 heavy (non-hydrogen) atoms. The molecule has 1 atom stereocenters. The lowest BCUT2D eigenvalue weighted by Gasteiger charge is -1.97. The van der Waals surface area contributed by atoms with Crippen LogP contribution < -0.4 is 0 Å². The van der Waals surface area contributed by atoms with Crippen LogP contribution in [0.2, 0.25) is 0 Å². The minimum absolute atomic E-state index is 0.109. The Morgan fingerprint density at radius 1 is 1.18 bits per heavy atom. The van der Waals surface area contributed by atoms with E-state index in [0.29, 0.717) is 0 Å². The van der Waals surface area contributed by atoms with Gasteiger partial charge in [-0.15, -0.1) is 0 Å². The van der Waals surface area contributed by atoms with E-state index in [9.17, 15) is 0 Å². The molecule has 1 nitrogen and oxygen atoms in total. The smallest absolute Gasteiger partial charge is 0.0107 e. The molecule has 0 aliphatic carbocycles. The molecule has 1 unspecified atom stereocenters. The van der Waals surface area contributed by atoms with E-state index in [0.717, 1.165) is 19.0 Å². The number of aryl methyl sites for hydroxylation is 1. The Hall–Kier alpha value is -0.390. The van der Waals surface area contributed by atoms with Crippen LogP contribution in [0, 0.1) is 0 Å². The summed E-state index contributed by atoms with van der Waals surface area (Å²) in [6, 6.07) is 10.4. The third-order valence-corrected chi connectivity index (χ3v) is 2.17. The predicted octanol–water partition coefficient (Wildman–Crippen LogP) is 2.21. The molecule has 0 heterocycles. The zero-order valence-electron chi connectivity index (χ0n) is 6.46. The van der Waals surface area contributed by atoms with Crippen molar-refractivity contribution in [3.8, 4) is 0 Å². The molecule has 0 saturated heterocycles. The van der Waals surface area contributed by atoms with E-state index in [-0.39, 0.29) is 8.81 Å². The quantitative estimate of drug-likeness (QED) is 0.539. The van der Waals surface area contributed by atoms with Crippen molar-refractivity contribution < 1.29 is 4.89 Å². The van der Waals surface area contributed by atoms with Crippen molar-refractivity contribution in [2.75, 3.05) is 6.16 Å². The van der Waals surface area contributed by atoms with Crippen molar-refractivity contribution in [2.24, 2.45) is 0 Å². The van der Waals surface area contributed by atoms with Crippen LogP contribution in [0.5, 0.6) is 0 Å². The van der Waals surface area contributed by atoms with Gasteiger partial charge in [0.05, 0.1) is 0 Å². The Labute approximate surface area is 69.3 Å². The van der Waals surface area contributed by atoms with E-state index in [1.807, 2.05) is 6.07 Å². The normalized spacial score (nSPS) is 11.0. The van der Waals surface area contributed by atoms with Gasteiger partial charge < -0.3 is 4.89 Å². The summed E-state index contributed by atoms with van der Waals surface area (Å²) in [5, 5.41) is 0. The van der Waals surface area contributed by atoms with Crippen molar-refractivity contribution in [3.63, 3.8) is 0 Å². The van der Waals surface area contributed by atoms with Gasteiger partial charge in [-0.3, -0.25) is 0 Å². The average Bonchev–Trinajstić information content (AvgIpc) is 2.07. The summed E-state index contributed by atoms with van der Waals surface area (Å²) in [6.07, 6.45) is 3.13. The molecule has 0 amide bonds. The molecule has 1 aromatic rings. The molecular weight excluding hydrogens is 155 g/mol. The molecular formula is C9H13OP. The summed E-state index contributed by atoms with van der Waals surface area (Å²) in [4.78, 5) is 8.57. The van der Waals surface area contributed by atoms with Crippen LogP contribution >= 0.6 is 8.81 Å². The van der Waals surface area contributed by atoms with Crippen molar-refractivity contribution in [3.05, 3.63) is 35.9 Å². The van der Waals surface area contributed by atoms with E-state index in [1.54, 1.807) is 0 Å². The summed E-state index contributed by atoms with van der Waals surface area (Å²) in [5.41, 5.74) is 1.37. The van der Waals surface area contributed by atoms with E-state index >= 15 is 0 Å². The molecule has 0 aromatic heterocycles. The highest BCUT2D eigenvalue weighted by atomic mass is 31.1. The molecule has 0 aliphatic rings. The van der Waals surface area contributed by atoms with Gasteiger partial charge in [-0.2, -0.15) is 0 Å². The first-order chi connectivity index (χ1) is 5.43. The van der Waals surface area contributed by atoms with Crippen LogP contribution in [0.3, 0.4) is 0 Å². The van der Waals surface area contributed by atoms with Gasteiger partial charge >= 0.3 is 0 Å². The van der Waals surface area contributed by atoms with Crippen molar-refractivity contribution >= 4 is 8.81 Å². The monoisotopic (exact) mass is 168 g/mol. The third kappa shape index (κ3) is 3.50. The minimum atomic E-state index is 0.109. The van der Waals surface area contributed by atoms with Crippen LogP contribution in [-0.2, 0) is 6.42 Å². The number of hydrogen-bond acceptors (Lipinski definition) is 1. The SMILES string of the molecule is OPCCCc1ccccc1. The summed E-state index contributed by atoms with van der Waals surface area (Å²) in [6.45, 7) is 0.